The second kappa shape index (κ2) is 4.55. The molecule has 6 heteroatoms. The number of fused-ring (bicyclic) bond motifs is 3. The van der Waals surface area contributed by atoms with E-state index in [0.717, 1.165) is 50.4 Å². The van der Waals surface area contributed by atoms with Gasteiger partial charge in [-0.05, 0) is 32.1 Å². The van der Waals surface area contributed by atoms with E-state index in [1.165, 1.54) is 12.8 Å². The van der Waals surface area contributed by atoms with Crippen LogP contribution in [0.1, 0.15) is 43.8 Å². The van der Waals surface area contributed by atoms with Crippen LogP contribution in [0.2, 0.25) is 0 Å². The Balaban J connectivity index is 1.55. The largest absolute Gasteiger partial charge is 0.481 e. The Bertz CT molecular complexity index is 541. The van der Waals surface area contributed by atoms with E-state index in [2.05, 4.69) is 19.7 Å². The molecule has 3 aliphatic heterocycles. The van der Waals surface area contributed by atoms with E-state index in [-0.39, 0.29) is 12.0 Å². The van der Waals surface area contributed by atoms with Crippen LogP contribution in [0.3, 0.4) is 0 Å². The molecule has 0 saturated carbocycles. The van der Waals surface area contributed by atoms with Gasteiger partial charge in [0.05, 0.1) is 12.5 Å². The monoisotopic (exact) mass is 276 g/mol. The van der Waals surface area contributed by atoms with Crippen LogP contribution in [0.4, 0.5) is 0 Å². The highest BCUT2D eigenvalue weighted by atomic mass is 16.4. The molecule has 0 spiro atoms. The van der Waals surface area contributed by atoms with E-state index in [1.807, 2.05) is 0 Å². The summed E-state index contributed by atoms with van der Waals surface area (Å²) in [6, 6.07) is 0.631. The zero-order valence-corrected chi connectivity index (χ0v) is 11.5. The lowest BCUT2D eigenvalue weighted by atomic mass is 9.89. The molecule has 6 nitrogen and oxygen atoms in total. The van der Waals surface area contributed by atoms with Crippen LogP contribution in [0.5, 0.6) is 0 Å². The van der Waals surface area contributed by atoms with Crippen molar-refractivity contribution in [3.05, 3.63) is 11.6 Å². The molecule has 20 heavy (non-hydrogen) atoms. The topological polar surface area (TPSA) is 71.2 Å². The molecule has 1 N–H and O–H groups in total. The van der Waals surface area contributed by atoms with Crippen molar-refractivity contribution in [2.75, 3.05) is 0 Å². The number of aromatic nitrogens is 3. The summed E-state index contributed by atoms with van der Waals surface area (Å²) < 4.78 is 2.25. The molecule has 2 fully saturated rings. The van der Waals surface area contributed by atoms with Gasteiger partial charge in [0.2, 0.25) is 0 Å². The lowest BCUT2D eigenvalue weighted by Gasteiger charge is -2.23. The lowest BCUT2D eigenvalue weighted by Crippen LogP contribution is -2.33. The van der Waals surface area contributed by atoms with Gasteiger partial charge in [-0.25, -0.2) is 0 Å². The summed E-state index contributed by atoms with van der Waals surface area (Å²) in [5, 5.41) is 18.0. The van der Waals surface area contributed by atoms with Crippen molar-refractivity contribution in [1.29, 1.82) is 0 Å². The van der Waals surface area contributed by atoms with Gasteiger partial charge in [-0.15, -0.1) is 10.2 Å². The highest BCUT2D eigenvalue weighted by molar-refractivity contribution is 5.71. The smallest absolute Gasteiger partial charge is 0.308 e. The summed E-state index contributed by atoms with van der Waals surface area (Å²) in [4.78, 5) is 13.7. The molecular weight excluding hydrogens is 256 g/mol. The predicted octanol–water partition coefficient (Wildman–Crippen LogP) is 1.05. The normalized spacial score (nSPS) is 32.5. The fourth-order valence-corrected chi connectivity index (χ4v) is 4.26. The summed E-state index contributed by atoms with van der Waals surface area (Å²) >= 11 is 0. The third-order valence-electron chi connectivity index (χ3n) is 5.26. The van der Waals surface area contributed by atoms with Crippen LogP contribution in [0, 0.1) is 5.92 Å². The van der Waals surface area contributed by atoms with Crippen molar-refractivity contribution in [3.63, 3.8) is 0 Å². The van der Waals surface area contributed by atoms with Crippen molar-refractivity contribution in [2.45, 2.75) is 63.7 Å². The number of aliphatic carboxylic acids is 1. The summed E-state index contributed by atoms with van der Waals surface area (Å²) in [7, 11) is 0. The minimum Gasteiger partial charge on any atom is -0.481 e. The predicted molar refractivity (Wildman–Crippen MR) is 71.1 cm³/mol. The van der Waals surface area contributed by atoms with Crippen molar-refractivity contribution in [2.24, 2.45) is 5.92 Å². The molecule has 3 atom stereocenters. The number of hydrogen-bond donors (Lipinski definition) is 1. The zero-order chi connectivity index (χ0) is 13.7. The van der Waals surface area contributed by atoms with Crippen LogP contribution in [0.15, 0.2) is 0 Å². The second-order valence-electron chi connectivity index (χ2n) is 6.29. The van der Waals surface area contributed by atoms with Crippen molar-refractivity contribution in [3.8, 4) is 0 Å². The average Bonchev–Trinajstić information content (AvgIpc) is 3.13. The molecule has 3 aliphatic rings. The molecule has 1 aromatic heterocycles. The fourth-order valence-electron chi connectivity index (χ4n) is 4.26. The minimum absolute atomic E-state index is 0.183. The van der Waals surface area contributed by atoms with Crippen LogP contribution < -0.4 is 0 Å². The fraction of sp³-hybridized carbons (Fsp3) is 0.786. The van der Waals surface area contributed by atoms with Crippen LogP contribution in [0.25, 0.3) is 0 Å². The highest BCUT2D eigenvalue weighted by Gasteiger charge is 2.49. The van der Waals surface area contributed by atoms with Gasteiger partial charge < -0.3 is 9.67 Å². The molecule has 0 aliphatic carbocycles. The summed E-state index contributed by atoms with van der Waals surface area (Å²) in [5.41, 5.74) is 0. The van der Waals surface area contributed by atoms with E-state index < -0.39 is 5.97 Å². The van der Waals surface area contributed by atoms with Crippen molar-refractivity contribution in [1.82, 2.24) is 19.7 Å². The van der Waals surface area contributed by atoms with E-state index >= 15 is 0 Å². The molecule has 4 heterocycles. The Labute approximate surface area is 117 Å². The standard InChI is InChI=1S/C14H20N4O2/c19-14(20)10-7-9-4-5-11(10)18(9)8-13-16-15-12-3-1-2-6-17(12)13/h9-11H,1-8H2,(H,19,20). The number of aryl methyl sites for hydroxylation is 1. The Morgan fingerprint density at radius 2 is 2.20 bits per heavy atom. The second-order valence-corrected chi connectivity index (χ2v) is 6.29. The summed E-state index contributed by atoms with van der Waals surface area (Å²) in [6.45, 7) is 1.79. The molecule has 0 amide bonds. The zero-order valence-electron chi connectivity index (χ0n) is 11.5. The molecule has 0 aromatic carbocycles. The quantitative estimate of drug-likeness (QED) is 0.893. The Kier molecular flexibility index (Phi) is 2.80. The molecule has 1 aromatic rings. The van der Waals surface area contributed by atoms with Gasteiger partial charge in [-0.2, -0.15) is 0 Å². The van der Waals surface area contributed by atoms with Gasteiger partial charge in [0.15, 0.2) is 0 Å². The van der Waals surface area contributed by atoms with Crippen molar-refractivity contribution >= 4 is 5.97 Å². The third kappa shape index (κ3) is 1.78. The minimum atomic E-state index is -0.634. The number of carboxylic acid groups (broad SMARTS) is 1. The third-order valence-corrected chi connectivity index (χ3v) is 5.26. The Morgan fingerprint density at radius 1 is 1.30 bits per heavy atom. The Hall–Kier alpha value is -1.43. The summed E-state index contributed by atoms with van der Waals surface area (Å²) in [5.74, 6) is 1.32. The SMILES string of the molecule is O=C(O)C1CC2CCC1N2Cc1nnc2n1CCCC2. The first-order valence-electron chi connectivity index (χ1n) is 7.63. The highest BCUT2D eigenvalue weighted by Crippen LogP contribution is 2.42. The van der Waals surface area contributed by atoms with Gasteiger partial charge in [0, 0.05) is 25.0 Å². The van der Waals surface area contributed by atoms with Gasteiger partial charge in [-0.3, -0.25) is 9.69 Å². The number of hydrogen-bond acceptors (Lipinski definition) is 4. The maximum Gasteiger partial charge on any atom is 0.308 e. The summed E-state index contributed by atoms with van der Waals surface area (Å²) in [6.07, 6.45) is 6.38. The molecular formula is C14H20N4O2. The van der Waals surface area contributed by atoms with E-state index in [1.54, 1.807) is 0 Å². The molecule has 3 unspecified atom stereocenters. The van der Waals surface area contributed by atoms with E-state index in [0.29, 0.717) is 6.04 Å². The van der Waals surface area contributed by atoms with E-state index in [9.17, 15) is 9.90 Å². The Morgan fingerprint density at radius 3 is 3.00 bits per heavy atom. The van der Waals surface area contributed by atoms with Gasteiger partial charge in [0.25, 0.3) is 0 Å². The first kappa shape index (κ1) is 12.3. The molecule has 4 rings (SSSR count). The number of carbonyl (C=O) groups is 1. The van der Waals surface area contributed by atoms with Gasteiger partial charge in [-0.1, -0.05) is 0 Å². The van der Waals surface area contributed by atoms with Gasteiger partial charge >= 0.3 is 5.97 Å². The molecule has 2 bridgehead atoms. The first-order valence-corrected chi connectivity index (χ1v) is 7.63. The number of nitrogens with zero attached hydrogens (tertiary/aromatic N) is 4. The van der Waals surface area contributed by atoms with Crippen molar-refractivity contribution < 1.29 is 9.90 Å². The molecule has 0 radical (unpaired) electrons. The maximum atomic E-state index is 11.3. The average molecular weight is 276 g/mol. The maximum absolute atomic E-state index is 11.3. The lowest BCUT2D eigenvalue weighted by molar-refractivity contribution is -0.142. The first-order chi connectivity index (χ1) is 9.74. The van der Waals surface area contributed by atoms with Crippen LogP contribution in [-0.4, -0.2) is 42.8 Å². The number of carboxylic acids is 1. The number of rotatable bonds is 3. The van der Waals surface area contributed by atoms with Gasteiger partial charge in [0.1, 0.15) is 11.6 Å². The molecule has 2 saturated heterocycles. The van der Waals surface area contributed by atoms with E-state index in [4.69, 9.17) is 0 Å². The van der Waals surface area contributed by atoms with Crippen LogP contribution >= 0.6 is 0 Å². The molecule has 108 valence electrons. The van der Waals surface area contributed by atoms with Crippen LogP contribution in [-0.2, 0) is 24.3 Å².